The zero-order valence-corrected chi connectivity index (χ0v) is 17.8. The quantitative estimate of drug-likeness (QED) is 0.481. The van der Waals surface area contributed by atoms with Crippen molar-refractivity contribution in [2.45, 2.75) is 12.6 Å². The van der Waals surface area contributed by atoms with Gasteiger partial charge in [0.2, 0.25) is 0 Å². The second-order valence-corrected chi connectivity index (χ2v) is 8.04. The number of rotatable bonds is 6. The van der Waals surface area contributed by atoms with Gasteiger partial charge in [-0.05, 0) is 23.6 Å². The van der Waals surface area contributed by atoms with Crippen molar-refractivity contribution in [1.29, 1.82) is 0 Å². The van der Waals surface area contributed by atoms with Crippen LogP contribution in [-0.4, -0.2) is 60.3 Å². The SMILES string of the molecule is CN=C(NCc1nc2ccccc2n1C)NCC(c1cccs1)N1CCOCC1. The fourth-order valence-corrected chi connectivity index (χ4v) is 4.57. The van der Waals surface area contributed by atoms with Gasteiger partial charge in [-0.15, -0.1) is 11.3 Å². The number of benzene rings is 1. The molecule has 1 fully saturated rings. The summed E-state index contributed by atoms with van der Waals surface area (Å²) in [4.78, 5) is 13.0. The second kappa shape index (κ2) is 9.39. The van der Waals surface area contributed by atoms with Crippen molar-refractivity contribution >= 4 is 28.3 Å². The number of hydrogen-bond acceptors (Lipinski definition) is 5. The fraction of sp³-hybridized carbons (Fsp3) is 0.429. The van der Waals surface area contributed by atoms with Crippen LogP contribution in [0.2, 0.25) is 0 Å². The van der Waals surface area contributed by atoms with E-state index >= 15 is 0 Å². The van der Waals surface area contributed by atoms with E-state index in [0.717, 1.165) is 55.7 Å². The van der Waals surface area contributed by atoms with Gasteiger partial charge in [0.15, 0.2) is 5.96 Å². The Kier molecular flexibility index (Phi) is 6.43. The number of nitrogens with one attached hydrogen (secondary N) is 2. The first-order valence-electron chi connectivity index (χ1n) is 9.96. The van der Waals surface area contributed by atoms with Crippen LogP contribution in [0.5, 0.6) is 0 Å². The number of fused-ring (bicyclic) bond motifs is 1. The van der Waals surface area contributed by atoms with Crippen LogP contribution in [-0.2, 0) is 18.3 Å². The molecule has 154 valence electrons. The number of hydrogen-bond donors (Lipinski definition) is 2. The molecule has 1 atom stereocenters. The summed E-state index contributed by atoms with van der Waals surface area (Å²) in [6, 6.07) is 12.8. The van der Waals surface area contributed by atoms with E-state index in [1.807, 2.05) is 25.2 Å². The third-order valence-electron chi connectivity index (χ3n) is 5.34. The van der Waals surface area contributed by atoms with Gasteiger partial charge in [0.05, 0.1) is 36.8 Å². The summed E-state index contributed by atoms with van der Waals surface area (Å²) in [7, 11) is 3.85. The highest BCUT2D eigenvalue weighted by molar-refractivity contribution is 7.10. The van der Waals surface area contributed by atoms with E-state index in [9.17, 15) is 0 Å². The molecule has 8 heteroatoms. The van der Waals surface area contributed by atoms with Crippen LogP contribution in [0.3, 0.4) is 0 Å². The Hall–Kier alpha value is -2.42. The molecule has 0 amide bonds. The maximum atomic E-state index is 5.53. The van der Waals surface area contributed by atoms with Crippen molar-refractivity contribution in [3.05, 3.63) is 52.5 Å². The first-order chi connectivity index (χ1) is 14.3. The van der Waals surface area contributed by atoms with Gasteiger partial charge >= 0.3 is 0 Å². The standard InChI is InChI=1S/C21H28N6OS/c1-22-21(24-15-20-25-16-6-3-4-7-17(16)26(20)2)23-14-18(19-8-5-13-29-19)27-9-11-28-12-10-27/h3-8,13,18H,9-12,14-15H2,1-2H3,(H2,22,23,24). The van der Waals surface area contributed by atoms with E-state index in [-0.39, 0.29) is 0 Å². The molecule has 3 heterocycles. The number of para-hydroxylation sites is 2. The predicted molar refractivity (Wildman–Crippen MR) is 118 cm³/mol. The Labute approximate surface area is 175 Å². The minimum atomic E-state index is 0.313. The Balaban J connectivity index is 1.39. The fourth-order valence-electron chi connectivity index (χ4n) is 3.71. The van der Waals surface area contributed by atoms with Crippen LogP contribution in [0.25, 0.3) is 11.0 Å². The number of aryl methyl sites for hydroxylation is 1. The average Bonchev–Trinajstić information content (AvgIpc) is 3.40. The zero-order chi connectivity index (χ0) is 20.1. The Morgan fingerprint density at radius 2 is 2.03 bits per heavy atom. The maximum absolute atomic E-state index is 5.53. The summed E-state index contributed by atoms with van der Waals surface area (Å²) in [6.45, 7) is 4.91. The molecule has 3 aromatic rings. The van der Waals surface area contributed by atoms with Crippen molar-refractivity contribution in [1.82, 2.24) is 25.1 Å². The highest BCUT2D eigenvalue weighted by atomic mass is 32.1. The van der Waals surface area contributed by atoms with E-state index in [1.165, 1.54) is 4.88 Å². The van der Waals surface area contributed by atoms with Gasteiger partial charge in [0.1, 0.15) is 5.82 Å². The first-order valence-corrected chi connectivity index (χ1v) is 10.8. The van der Waals surface area contributed by atoms with Crippen molar-refractivity contribution < 1.29 is 4.74 Å². The summed E-state index contributed by atoms with van der Waals surface area (Å²) in [5.41, 5.74) is 2.15. The lowest BCUT2D eigenvalue weighted by atomic mass is 10.2. The van der Waals surface area contributed by atoms with Gasteiger partial charge in [-0.3, -0.25) is 9.89 Å². The van der Waals surface area contributed by atoms with Crippen molar-refractivity contribution in [3.63, 3.8) is 0 Å². The summed E-state index contributed by atoms with van der Waals surface area (Å²) in [5, 5.41) is 9.05. The van der Waals surface area contributed by atoms with Crippen molar-refractivity contribution in [3.8, 4) is 0 Å². The number of aromatic nitrogens is 2. The van der Waals surface area contributed by atoms with Crippen LogP contribution in [0.4, 0.5) is 0 Å². The van der Waals surface area contributed by atoms with Gasteiger partial charge < -0.3 is 19.9 Å². The molecule has 29 heavy (non-hydrogen) atoms. The molecule has 7 nitrogen and oxygen atoms in total. The number of imidazole rings is 1. The Morgan fingerprint density at radius 3 is 2.76 bits per heavy atom. The number of morpholine rings is 1. The van der Waals surface area contributed by atoms with Crippen LogP contribution in [0.1, 0.15) is 16.7 Å². The molecule has 4 rings (SSSR count). The van der Waals surface area contributed by atoms with Gasteiger partial charge in [0, 0.05) is 38.6 Å². The van der Waals surface area contributed by atoms with Gasteiger partial charge in [-0.2, -0.15) is 0 Å². The van der Waals surface area contributed by atoms with Gasteiger partial charge in [-0.1, -0.05) is 18.2 Å². The third-order valence-corrected chi connectivity index (χ3v) is 6.31. The monoisotopic (exact) mass is 412 g/mol. The molecule has 0 bridgehead atoms. The third kappa shape index (κ3) is 4.60. The molecular formula is C21H28N6OS. The molecule has 1 aromatic carbocycles. The van der Waals surface area contributed by atoms with E-state index in [0.29, 0.717) is 12.6 Å². The molecule has 0 aliphatic carbocycles. The number of thiophene rings is 1. The lowest BCUT2D eigenvalue weighted by molar-refractivity contribution is 0.0177. The predicted octanol–water partition coefficient (Wildman–Crippen LogP) is 2.37. The van der Waals surface area contributed by atoms with E-state index in [1.54, 1.807) is 18.4 Å². The second-order valence-electron chi connectivity index (χ2n) is 7.06. The summed E-state index contributed by atoms with van der Waals surface area (Å²) >= 11 is 1.80. The van der Waals surface area contributed by atoms with Crippen LogP contribution >= 0.6 is 11.3 Å². The normalized spacial score (nSPS) is 16.8. The lowest BCUT2D eigenvalue weighted by Gasteiger charge is -2.34. The summed E-state index contributed by atoms with van der Waals surface area (Å²) in [6.07, 6.45) is 0. The van der Waals surface area contributed by atoms with Gasteiger partial charge in [-0.25, -0.2) is 4.98 Å². The van der Waals surface area contributed by atoms with Crippen LogP contribution < -0.4 is 10.6 Å². The van der Waals surface area contributed by atoms with Crippen LogP contribution in [0, 0.1) is 0 Å². The number of nitrogens with zero attached hydrogens (tertiary/aromatic N) is 4. The minimum Gasteiger partial charge on any atom is -0.379 e. The maximum Gasteiger partial charge on any atom is 0.191 e. The van der Waals surface area contributed by atoms with E-state index in [4.69, 9.17) is 9.72 Å². The smallest absolute Gasteiger partial charge is 0.191 e. The molecule has 0 spiro atoms. The molecule has 0 radical (unpaired) electrons. The number of guanidine groups is 1. The highest BCUT2D eigenvalue weighted by Gasteiger charge is 2.23. The van der Waals surface area contributed by atoms with Crippen molar-refractivity contribution in [2.24, 2.45) is 12.0 Å². The topological polar surface area (TPSA) is 66.7 Å². The molecule has 2 N–H and O–H groups in total. The summed E-state index contributed by atoms with van der Waals surface area (Å²) < 4.78 is 7.66. The zero-order valence-electron chi connectivity index (χ0n) is 17.0. The molecule has 0 saturated carbocycles. The molecule has 1 aliphatic rings. The number of ether oxygens (including phenoxy) is 1. The van der Waals surface area contributed by atoms with Crippen LogP contribution in [0.15, 0.2) is 46.8 Å². The molecule has 1 saturated heterocycles. The number of aliphatic imine (C=N–C) groups is 1. The highest BCUT2D eigenvalue weighted by Crippen LogP contribution is 2.25. The minimum absolute atomic E-state index is 0.313. The van der Waals surface area contributed by atoms with E-state index in [2.05, 4.69) is 48.7 Å². The Morgan fingerprint density at radius 1 is 1.21 bits per heavy atom. The van der Waals surface area contributed by atoms with E-state index < -0.39 is 0 Å². The molecule has 2 aromatic heterocycles. The summed E-state index contributed by atoms with van der Waals surface area (Å²) in [5.74, 6) is 1.77. The molecular weight excluding hydrogens is 384 g/mol. The Bertz CT molecular complexity index is 945. The molecule has 1 aliphatic heterocycles. The van der Waals surface area contributed by atoms with Gasteiger partial charge in [0.25, 0.3) is 0 Å². The lowest BCUT2D eigenvalue weighted by Crippen LogP contribution is -2.46. The first kappa shape index (κ1) is 19.9. The average molecular weight is 413 g/mol. The largest absolute Gasteiger partial charge is 0.379 e. The molecule has 1 unspecified atom stereocenters. The van der Waals surface area contributed by atoms with Crippen molar-refractivity contribution in [2.75, 3.05) is 39.9 Å².